The van der Waals surface area contributed by atoms with Crippen molar-refractivity contribution in [2.45, 2.75) is 0 Å². The first kappa shape index (κ1) is 51.6. The van der Waals surface area contributed by atoms with E-state index in [1.54, 1.807) is 0 Å². The molecule has 0 aromatic heterocycles. The molecule has 0 spiro atoms. The second-order valence-electron chi connectivity index (χ2n) is 23.2. The fraction of sp³-hybridized carbons (Fsp3) is 0. The Hall–Kier alpha value is -11.8. The number of anilines is 9. The van der Waals surface area contributed by atoms with Crippen LogP contribution in [0.3, 0.4) is 0 Å². The van der Waals surface area contributed by atoms with Crippen molar-refractivity contribution in [1.82, 2.24) is 0 Å². The lowest BCUT2D eigenvalue weighted by molar-refractivity contribution is 1.28. The van der Waals surface area contributed by atoms with E-state index < -0.39 is 0 Å². The van der Waals surface area contributed by atoms with Gasteiger partial charge in [0.25, 0.3) is 0 Å². The highest BCUT2D eigenvalue weighted by Crippen LogP contribution is 2.47. The number of rotatable bonds is 13. The monoisotopic (exact) mass is 1130 g/mol. The maximum atomic E-state index is 2.39. The molecule has 416 valence electrons. The van der Waals surface area contributed by atoms with Gasteiger partial charge in [-0.25, -0.2) is 0 Å². The Morgan fingerprint density at radius 3 is 0.640 bits per heavy atom. The van der Waals surface area contributed by atoms with E-state index in [0.717, 1.165) is 51.2 Å². The van der Waals surface area contributed by atoms with Crippen molar-refractivity contribution in [3.8, 4) is 44.5 Å². The number of hydrogen-bond acceptors (Lipinski definition) is 3. The van der Waals surface area contributed by atoms with Crippen LogP contribution < -0.4 is 14.7 Å². The lowest BCUT2D eigenvalue weighted by atomic mass is 9.93. The molecular weight excluding hydrogens is 1070 g/mol. The van der Waals surface area contributed by atoms with Crippen LogP contribution in [0.15, 0.2) is 346 Å². The number of benzene rings is 17. The summed E-state index contributed by atoms with van der Waals surface area (Å²) in [7, 11) is 0. The Kier molecular flexibility index (Phi) is 12.5. The van der Waals surface area contributed by atoms with E-state index in [4.69, 9.17) is 0 Å². The third-order valence-electron chi connectivity index (χ3n) is 18.1. The van der Waals surface area contributed by atoms with Gasteiger partial charge in [0.2, 0.25) is 0 Å². The molecule has 0 bridgehead atoms. The summed E-state index contributed by atoms with van der Waals surface area (Å²) in [6.07, 6.45) is 0. The summed E-state index contributed by atoms with van der Waals surface area (Å²) >= 11 is 0. The molecule has 0 saturated heterocycles. The molecule has 3 nitrogen and oxygen atoms in total. The Labute approximate surface area is 517 Å². The zero-order valence-corrected chi connectivity index (χ0v) is 48.8. The Balaban J connectivity index is 0.606. The van der Waals surface area contributed by atoms with E-state index in [9.17, 15) is 0 Å². The molecule has 0 radical (unpaired) electrons. The first-order chi connectivity index (χ1) is 44.1. The topological polar surface area (TPSA) is 9.72 Å². The summed E-state index contributed by atoms with van der Waals surface area (Å²) in [6.45, 7) is 0. The van der Waals surface area contributed by atoms with Crippen LogP contribution >= 0.6 is 0 Å². The van der Waals surface area contributed by atoms with E-state index in [1.807, 2.05) is 0 Å². The fourth-order valence-corrected chi connectivity index (χ4v) is 13.8. The quantitative estimate of drug-likeness (QED) is 0.107. The molecule has 0 heterocycles. The first-order valence-corrected chi connectivity index (χ1v) is 30.6. The van der Waals surface area contributed by atoms with Gasteiger partial charge in [-0.15, -0.1) is 0 Å². The van der Waals surface area contributed by atoms with Crippen LogP contribution in [0.25, 0.3) is 109 Å². The van der Waals surface area contributed by atoms with Gasteiger partial charge in [-0.1, -0.05) is 249 Å². The number of para-hydroxylation sites is 3. The molecule has 0 unspecified atom stereocenters. The van der Waals surface area contributed by atoms with Crippen LogP contribution in [0.1, 0.15) is 0 Å². The van der Waals surface area contributed by atoms with Gasteiger partial charge < -0.3 is 14.7 Å². The largest absolute Gasteiger partial charge is 0.311 e. The van der Waals surface area contributed by atoms with E-state index >= 15 is 0 Å². The number of hydrogen-bond donors (Lipinski definition) is 0. The molecule has 17 rings (SSSR count). The molecule has 0 amide bonds. The Bertz CT molecular complexity index is 5010. The predicted molar refractivity (Wildman–Crippen MR) is 380 cm³/mol. The van der Waals surface area contributed by atoms with Crippen molar-refractivity contribution in [2.75, 3.05) is 14.7 Å². The molecule has 0 aliphatic carbocycles. The van der Waals surface area contributed by atoms with Crippen molar-refractivity contribution >= 4 is 116 Å². The van der Waals surface area contributed by atoms with E-state index in [2.05, 4.69) is 360 Å². The van der Waals surface area contributed by atoms with Crippen LogP contribution in [0, 0.1) is 0 Å². The van der Waals surface area contributed by atoms with Gasteiger partial charge in [-0.2, -0.15) is 0 Å². The third-order valence-corrected chi connectivity index (χ3v) is 18.1. The molecular formula is C86H57N3. The molecule has 0 aliphatic heterocycles. The normalized spacial score (nSPS) is 11.6. The Morgan fingerprint density at radius 1 is 0.135 bits per heavy atom. The highest BCUT2D eigenvalue weighted by molar-refractivity contribution is 6.27. The van der Waals surface area contributed by atoms with E-state index in [1.165, 1.54) is 109 Å². The lowest BCUT2D eigenvalue weighted by Gasteiger charge is -2.28. The second kappa shape index (κ2) is 21.6. The molecule has 3 heteroatoms. The fourth-order valence-electron chi connectivity index (χ4n) is 13.8. The number of nitrogens with zero attached hydrogens (tertiary/aromatic N) is 3. The van der Waals surface area contributed by atoms with E-state index in [0.29, 0.717) is 0 Å². The molecule has 17 aromatic rings. The van der Waals surface area contributed by atoms with Gasteiger partial charge in [0, 0.05) is 50.6 Å². The third kappa shape index (κ3) is 9.15. The Morgan fingerprint density at radius 2 is 0.348 bits per heavy atom. The van der Waals surface area contributed by atoms with Gasteiger partial charge in [-0.05, 0) is 195 Å². The standard InChI is InChI=1S/C86H57N3/c1-4-16-72(17-5-1)87(75-46-34-62(35-47-75)58-22-26-60(27-23-58)64-38-50-77(51-39-64)88(73-18-6-2-7-19-73)81-56-44-70-32-30-66-12-10-14-68-42-54-79(81)85(70)83(66)68)76-48-36-63(37-49-76)59-24-28-61(29-25-59)65-40-52-78(53-41-65)89(74-20-8-3-9-21-74)82-57-45-71-33-31-67-13-11-15-69-43-55-80(82)86(71)84(67)69/h1-57H. The zero-order chi connectivity index (χ0) is 58.8. The van der Waals surface area contributed by atoms with Crippen LogP contribution in [0.2, 0.25) is 0 Å². The van der Waals surface area contributed by atoms with Crippen molar-refractivity contribution < 1.29 is 0 Å². The summed E-state index contributed by atoms with van der Waals surface area (Å²) in [4.78, 5) is 7.12. The summed E-state index contributed by atoms with van der Waals surface area (Å²) in [5.41, 5.74) is 19.4. The highest BCUT2D eigenvalue weighted by atomic mass is 15.2. The molecule has 0 N–H and O–H groups in total. The molecule has 0 fully saturated rings. The second-order valence-corrected chi connectivity index (χ2v) is 23.2. The van der Waals surface area contributed by atoms with Crippen molar-refractivity contribution in [3.63, 3.8) is 0 Å². The van der Waals surface area contributed by atoms with Gasteiger partial charge in [0.1, 0.15) is 0 Å². The van der Waals surface area contributed by atoms with Crippen LogP contribution in [-0.4, -0.2) is 0 Å². The average molecular weight is 1130 g/mol. The summed E-state index contributed by atoms with van der Waals surface area (Å²) in [5.74, 6) is 0. The van der Waals surface area contributed by atoms with Gasteiger partial charge in [0.15, 0.2) is 0 Å². The average Bonchev–Trinajstić information content (AvgIpc) is 0.919. The van der Waals surface area contributed by atoms with Gasteiger partial charge in [0.05, 0.1) is 11.4 Å². The molecule has 0 saturated carbocycles. The molecule has 17 aromatic carbocycles. The van der Waals surface area contributed by atoms with Crippen LogP contribution in [0.4, 0.5) is 51.2 Å². The zero-order valence-electron chi connectivity index (χ0n) is 48.8. The highest BCUT2D eigenvalue weighted by Gasteiger charge is 2.22. The molecule has 0 aliphatic rings. The lowest BCUT2D eigenvalue weighted by Crippen LogP contribution is -2.10. The van der Waals surface area contributed by atoms with Gasteiger partial charge >= 0.3 is 0 Å². The molecule has 0 atom stereocenters. The first-order valence-electron chi connectivity index (χ1n) is 30.6. The van der Waals surface area contributed by atoms with Crippen molar-refractivity contribution in [1.29, 1.82) is 0 Å². The van der Waals surface area contributed by atoms with Crippen LogP contribution in [-0.2, 0) is 0 Å². The van der Waals surface area contributed by atoms with Gasteiger partial charge in [-0.3, -0.25) is 0 Å². The van der Waals surface area contributed by atoms with Crippen molar-refractivity contribution in [3.05, 3.63) is 346 Å². The maximum absolute atomic E-state index is 2.39. The smallest absolute Gasteiger partial charge is 0.0540 e. The minimum Gasteiger partial charge on any atom is -0.311 e. The maximum Gasteiger partial charge on any atom is 0.0540 e. The molecule has 89 heavy (non-hydrogen) atoms. The summed E-state index contributed by atoms with van der Waals surface area (Å²) in [6, 6.07) is 126. The summed E-state index contributed by atoms with van der Waals surface area (Å²) < 4.78 is 0. The van der Waals surface area contributed by atoms with E-state index in [-0.39, 0.29) is 0 Å². The van der Waals surface area contributed by atoms with Crippen LogP contribution in [0.5, 0.6) is 0 Å². The minimum absolute atomic E-state index is 1.09. The predicted octanol–water partition coefficient (Wildman–Crippen LogP) is 24.6. The SMILES string of the molecule is c1ccc(N(c2ccc(-c3ccc(-c4ccc(N(c5ccccc5)c5ccc6ccc7cccc8ccc5c6c78)cc4)cc3)cc2)c2ccc(-c3ccc(-c4ccc(N(c5ccccc5)c5ccc6ccc7cccc8ccc5c6c78)cc4)cc3)cc2)cc1. The van der Waals surface area contributed by atoms with Crippen molar-refractivity contribution in [2.24, 2.45) is 0 Å². The minimum atomic E-state index is 1.09. The summed E-state index contributed by atoms with van der Waals surface area (Å²) in [5, 5.41) is 15.4.